The minimum Gasteiger partial charge on any atom is -0.488 e. The summed E-state index contributed by atoms with van der Waals surface area (Å²) in [7, 11) is 1.88. The van der Waals surface area contributed by atoms with Gasteiger partial charge >= 0.3 is 0 Å². The van der Waals surface area contributed by atoms with E-state index >= 15 is 0 Å². The van der Waals surface area contributed by atoms with Gasteiger partial charge in [0.05, 0.1) is 24.6 Å². The van der Waals surface area contributed by atoms with Crippen molar-refractivity contribution in [2.45, 2.75) is 44.9 Å². The molecule has 2 unspecified atom stereocenters. The van der Waals surface area contributed by atoms with Crippen LogP contribution in [0.3, 0.4) is 0 Å². The summed E-state index contributed by atoms with van der Waals surface area (Å²) >= 11 is 0. The van der Waals surface area contributed by atoms with E-state index < -0.39 is 0 Å². The molecule has 18 heavy (non-hydrogen) atoms. The lowest BCUT2D eigenvalue weighted by atomic mass is 10.2. The Hall–Kier alpha value is -1.07. The van der Waals surface area contributed by atoms with Crippen LogP contribution in [0.15, 0.2) is 12.4 Å². The monoisotopic (exact) mass is 253 g/mol. The fraction of sp³-hybridized carbons (Fsp3) is 0.769. The van der Waals surface area contributed by atoms with Gasteiger partial charge in [0.25, 0.3) is 0 Å². The van der Waals surface area contributed by atoms with Gasteiger partial charge in [0, 0.05) is 19.6 Å². The number of nitrogens with zero attached hydrogens (tertiary/aromatic N) is 2. The van der Waals surface area contributed by atoms with Crippen molar-refractivity contribution in [2.24, 2.45) is 7.05 Å². The van der Waals surface area contributed by atoms with Crippen LogP contribution in [0.25, 0.3) is 0 Å². The highest BCUT2D eigenvalue weighted by Gasteiger charge is 2.25. The third kappa shape index (κ3) is 3.99. The van der Waals surface area contributed by atoms with Crippen LogP contribution in [0, 0.1) is 0 Å². The summed E-state index contributed by atoms with van der Waals surface area (Å²) in [6, 6.07) is 0.513. The molecule has 102 valence electrons. The summed E-state index contributed by atoms with van der Waals surface area (Å²) in [5.74, 6) is 0.810. The number of ether oxygens (including phenoxy) is 2. The Morgan fingerprint density at radius 1 is 1.50 bits per heavy atom. The Morgan fingerprint density at radius 2 is 2.28 bits per heavy atom. The SMILES string of the molecule is CC(C)NCC1CCC(COc2cnn(C)c2)O1. The second-order valence-corrected chi connectivity index (χ2v) is 5.18. The Kier molecular flexibility index (Phi) is 4.60. The van der Waals surface area contributed by atoms with Crippen LogP contribution < -0.4 is 10.1 Å². The Morgan fingerprint density at radius 3 is 2.94 bits per heavy atom. The topological polar surface area (TPSA) is 48.3 Å². The van der Waals surface area contributed by atoms with E-state index in [2.05, 4.69) is 24.3 Å². The molecule has 0 spiro atoms. The maximum absolute atomic E-state index is 5.93. The minimum absolute atomic E-state index is 0.212. The maximum atomic E-state index is 5.93. The van der Waals surface area contributed by atoms with E-state index in [9.17, 15) is 0 Å². The van der Waals surface area contributed by atoms with Crippen molar-refractivity contribution in [3.05, 3.63) is 12.4 Å². The second-order valence-electron chi connectivity index (χ2n) is 5.18. The highest BCUT2D eigenvalue weighted by molar-refractivity contribution is 5.11. The van der Waals surface area contributed by atoms with E-state index in [0.29, 0.717) is 18.8 Å². The quantitative estimate of drug-likeness (QED) is 0.831. The summed E-state index contributed by atoms with van der Waals surface area (Å²) < 4.78 is 13.3. The highest BCUT2D eigenvalue weighted by Crippen LogP contribution is 2.20. The molecule has 1 saturated heterocycles. The Labute approximate surface area is 108 Å². The van der Waals surface area contributed by atoms with Crippen molar-refractivity contribution in [3.8, 4) is 5.75 Å². The largest absolute Gasteiger partial charge is 0.488 e. The van der Waals surface area contributed by atoms with Crippen LogP contribution in [0.5, 0.6) is 5.75 Å². The van der Waals surface area contributed by atoms with Crippen molar-refractivity contribution < 1.29 is 9.47 Å². The van der Waals surface area contributed by atoms with E-state index in [1.54, 1.807) is 10.9 Å². The van der Waals surface area contributed by atoms with Crippen LogP contribution in [0.1, 0.15) is 26.7 Å². The van der Waals surface area contributed by atoms with Crippen molar-refractivity contribution in [2.75, 3.05) is 13.2 Å². The van der Waals surface area contributed by atoms with E-state index in [-0.39, 0.29) is 6.10 Å². The van der Waals surface area contributed by atoms with Gasteiger partial charge < -0.3 is 14.8 Å². The predicted molar refractivity (Wildman–Crippen MR) is 69.7 cm³/mol. The van der Waals surface area contributed by atoms with Gasteiger partial charge in [-0.15, -0.1) is 0 Å². The molecule has 0 bridgehead atoms. The first-order valence-corrected chi connectivity index (χ1v) is 6.64. The summed E-state index contributed by atoms with van der Waals surface area (Å²) in [5, 5.41) is 7.47. The fourth-order valence-corrected chi connectivity index (χ4v) is 2.08. The van der Waals surface area contributed by atoms with Crippen molar-refractivity contribution >= 4 is 0 Å². The molecule has 2 rings (SSSR count). The summed E-state index contributed by atoms with van der Waals surface area (Å²) in [4.78, 5) is 0. The number of nitrogens with one attached hydrogen (secondary N) is 1. The van der Waals surface area contributed by atoms with Crippen molar-refractivity contribution in [3.63, 3.8) is 0 Å². The molecule has 1 aliphatic rings. The van der Waals surface area contributed by atoms with Gasteiger partial charge in [0.2, 0.25) is 0 Å². The van der Waals surface area contributed by atoms with Crippen LogP contribution in [0.2, 0.25) is 0 Å². The lowest BCUT2D eigenvalue weighted by Gasteiger charge is -2.16. The molecule has 1 fully saturated rings. The minimum atomic E-state index is 0.212. The molecule has 1 aromatic rings. The lowest BCUT2D eigenvalue weighted by Crippen LogP contribution is -2.32. The predicted octanol–water partition coefficient (Wildman–Crippen LogP) is 1.34. The zero-order valence-electron chi connectivity index (χ0n) is 11.4. The van der Waals surface area contributed by atoms with Gasteiger partial charge in [-0.2, -0.15) is 5.10 Å². The summed E-state index contributed by atoms with van der Waals surface area (Å²) in [6.07, 6.45) is 6.32. The molecule has 2 atom stereocenters. The number of hydrogen-bond acceptors (Lipinski definition) is 4. The zero-order chi connectivity index (χ0) is 13.0. The number of rotatable bonds is 6. The maximum Gasteiger partial charge on any atom is 0.157 e. The smallest absolute Gasteiger partial charge is 0.157 e. The van der Waals surface area contributed by atoms with E-state index in [1.165, 1.54) is 0 Å². The third-order valence-electron chi connectivity index (χ3n) is 3.07. The van der Waals surface area contributed by atoms with Gasteiger partial charge in [0.15, 0.2) is 5.75 Å². The highest BCUT2D eigenvalue weighted by atomic mass is 16.5. The molecule has 2 heterocycles. The van der Waals surface area contributed by atoms with Crippen LogP contribution >= 0.6 is 0 Å². The molecule has 0 amide bonds. The fourth-order valence-electron chi connectivity index (χ4n) is 2.08. The molecule has 1 aromatic heterocycles. The van der Waals surface area contributed by atoms with Gasteiger partial charge in [-0.1, -0.05) is 13.8 Å². The molecular formula is C13H23N3O2. The average molecular weight is 253 g/mol. The van der Waals surface area contributed by atoms with Crippen LogP contribution in [-0.4, -0.2) is 41.2 Å². The van der Waals surface area contributed by atoms with Gasteiger partial charge in [-0.3, -0.25) is 4.68 Å². The first kappa shape index (κ1) is 13.4. The molecule has 0 radical (unpaired) electrons. The van der Waals surface area contributed by atoms with Crippen molar-refractivity contribution in [1.29, 1.82) is 0 Å². The van der Waals surface area contributed by atoms with Gasteiger partial charge in [-0.25, -0.2) is 0 Å². The molecule has 5 nitrogen and oxygen atoms in total. The van der Waals surface area contributed by atoms with Crippen LogP contribution in [-0.2, 0) is 11.8 Å². The normalized spacial score (nSPS) is 23.8. The molecule has 0 aliphatic carbocycles. The second kappa shape index (κ2) is 6.20. The average Bonchev–Trinajstić information content (AvgIpc) is 2.93. The summed E-state index contributed by atoms with van der Waals surface area (Å²) in [6.45, 7) is 5.85. The zero-order valence-corrected chi connectivity index (χ0v) is 11.4. The lowest BCUT2D eigenvalue weighted by molar-refractivity contribution is 0.0178. The van der Waals surface area contributed by atoms with Crippen molar-refractivity contribution in [1.82, 2.24) is 15.1 Å². The third-order valence-corrected chi connectivity index (χ3v) is 3.07. The Bertz CT molecular complexity index is 365. The first-order valence-electron chi connectivity index (χ1n) is 6.64. The van der Waals surface area contributed by atoms with E-state index in [4.69, 9.17) is 9.47 Å². The first-order chi connectivity index (χ1) is 8.63. The number of aryl methyl sites for hydroxylation is 1. The Balaban J connectivity index is 1.66. The number of hydrogen-bond donors (Lipinski definition) is 1. The van der Waals surface area contributed by atoms with Crippen LogP contribution in [0.4, 0.5) is 0 Å². The summed E-state index contributed by atoms with van der Waals surface area (Å²) in [5.41, 5.74) is 0. The molecule has 1 aliphatic heterocycles. The molecule has 5 heteroatoms. The van der Waals surface area contributed by atoms with E-state index in [0.717, 1.165) is 25.1 Å². The standard InChI is InChI=1S/C13H23N3O2/c1-10(2)14-6-11-4-5-12(18-11)9-17-13-7-15-16(3)8-13/h7-8,10-12,14H,4-6,9H2,1-3H3. The van der Waals surface area contributed by atoms with Gasteiger partial charge in [-0.05, 0) is 12.8 Å². The molecule has 1 N–H and O–H groups in total. The molecule has 0 saturated carbocycles. The van der Waals surface area contributed by atoms with E-state index in [1.807, 2.05) is 13.2 Å². The van der Waals surface area contributed by atoms with Gasteiger partial charge in [0.1, 0.15) is 6.61 Å². The molecular weight excluding hydrogens is 230 g/mol. The molecule has 0 aromatic carbocycles. The number of aromatic nitrogens is 2.